The number of para-hydroxylation sites is 1. The van der Waals surface area contributed by atoms with Gasteiger partial charge in [-0.15, -0.1) is 0 Å². The molecule has 0 heterocycles. The number of carbonyl (C=O) groups excluding carboxylic acids is 1. The van der Waals surface area contributed by atoms with Crippen molar-refractivity contribution in [2.24, 2.45) is 0 Å². The number of anilines is 2. The number of hydrogen-bond donors (Lipinski definition) is 2. The third-order valence-corrected chi connectivity index (χ3v) is 5.96. The zero-order valence-corrected chi connectivity index (χ0v) is 18.0. The summed E-state index contributed by atoms with van der Waals surface area (Å²) < 4.78 is 33.3. The van der Waals surface area contributed by atoms with Gasteiger partial charge in [0.05, 0.1) is 10.6 Å². The number of amides is 1. The van der Waals surface area contributed by atoms with E-state index < -0.39 is 10.0 Å². The van der Waals surface area contributed by atoms with Gasteiger partial charge in [-0.05, 0) is 67.4 Å². The molecular weight excluding hydrogens is 424 g/mol. The van der Waals surface area contributed by atoms with Gasteiger partial charge in [-0.25, -0.2) is 8.42 Å². The molecule has 0 aliphatic rings. The van der Waals surface area contributed by atoms with Crippen molar-refractivity contribution in [3.63, 3.8) is 0 Å². The van der Waals surface area contributed by atoms with E-state index in [1.165, 1.54) is 24.3 Å². The normalized spacial score (nSPS) is 11.0. The zero-order chi connectivity index (χ0) is 21.7. The Balaban J connectivity index is 1.63. The van der Waals surface area contributed by atoms with Crippen LogP contribution in [0.2, 0.25) is 5.02 Å². The van der Waals surface area contributed by atoms with Crippen molar-refractivity contribution >= 4 is 38.9 Å². The third kappa shape index (κ3) is 5.52. The minimum absolute atomic E-state index is 0.0658. The van der Waals surface area contributed by atoms with Crippen LogP contribution in [-0.2, 0) is 14.8 Å². The summed E-state index contributed by atoms with van der Waals surface area (Å²) in [5.74, 6) is 0.290. The molecule has 0 bridgehead atoms. The first-order valence-electron chi connectivity index (χ1n) is 9.12. The molecule has 0 radical (unpaired) electrons. The average molecular weight is 445 g/mol. The maximum absolute atomic E-state index is 12.6. The zero-order valence-electron chi connectivity index (χ0n) is 16.5. The van der Waals surface area contributed by atoms with Crippen LogP contribution in [0.4, 0.5) is 11.4 Å². The lowest BCUT2D eigenvalue weighted by Crippen LogP contribution is -2.20. The predicted octanol–water partition coefficient (Wildman–Crippen LogP) is 4.78. The first-order valence-corrected chi connectivity index (χ1v) is 11.0. The molecule has 0 atom stereocenters. The number of halogens is 1. The van der Waals surface area contributed by atoms with Crippen LogP contribution in [0, 0.1) is 13.8 Å². The standard InChI is InChI=1S/C22H21ClN2O4S/c1-15-7-8-17(23)13-20(15)25-30(27,28)19-11-9-18(10-12-19)24-22(26)14-29-21-6-4-3-5-16(21)2/h3-13,25H,14H2,1-2H3,(H,24,26). The largest absolute Gasteiger partial charge is 0.483 e. The molecule has 1 amide bonds. The molecule has 0 aliphatic carbocycles. The van der Waals surface area contributed by atoms with E-state index >= 15 is 0 Å². The van der Waals surface area contributed by atoms with E-state index in [4.69, 9.17) is 16.3 Å². The lowest BCUT2D eigenvalue weighted by molar-refractivity contribution is -0.118. The molecule has 0 aliphatic heterocycles. The molecule has 0 saturated heterocycles. The van der Waals surface area contributed by atoms with Crippen molar-refractivity contribution in [2.75, 3.05) is 16.6 Å². The summed E-state index contributed by atoms with van der Waals surface area (Å²) in [7, 11) is -3.79. The highest BCUT2D eigenvalue weighted by molar-refractivity contribution is 7.92. The van der Waals surface area contributed by atoms with E-state index in [2.05, 4.69) is 10.0 Å². The van der Waals surface area contributed by atoms with Crippen LogP contribution >= 0.6 is 11.6 Å². The van der Waals surface area contributed by atoms with Gasteiger partial charge in [0.25, 0.3) is 15.9 Å². The molecule has 0 aromatic heterocycles. The first kappa shape index (κ1) is 21.7. The first-order chi connectivity index (χ1) is 14.2. The van der Waals surface area contributed by atoms with Crippen LogP contribution in [0.3, 0.4) is 0 Å². The Morgan fingerprint density at radius 2 is 1.67 bits per heavy atom. The summed E-state index contributed by atoms with van der Waals surface area (Å²) in [6.07, 6.45) is 0. The molecule has 3 rings (SSSR count). The highest BCUT2D eigenvalue weighted by atomic mass is 35.5. The number of sulfonamides is 1. The fourth-order valence-electron chi connectivity index (χ4n) is 2.68. The van der Waals surface area contributed by atoms with Crippen LogP contribution < -0.4 is 14.8 Å². The molecule has 156 valence electrons. The molecule has 3 aromatic carbocycles. The molecule has 2 N–H and O–H groups in total. The van der Waals surface area contributed by atoms with Crippen molar-refractivity contribution in [1.82, 2.24) is 0 Å². The number of nitrogens with one attached hydrogen (secondary N) is 2. The Bertz CT molecular complexity index is 1160. The second-order valence-corrected chi connectivity index (χ2v) is 8.81. The Hall–Kier alpha value is -3.03. The molecule has 0 fully saturated rings. The van der Waals surface area contributed by atoms with Gasteiger partial charge >= 0.3 is 0 Å². The Morgan fingerprint density at radius 3 is 2.37 bits per heavy atom. The van der Waals surface area contributed by atoms with Gasteiger partial charge in [-0.2, -0.15) is 0 Å². The number of benzene rings is 3. The SMILES string of the molecule is Cc1ccc(Cl)cc1NS(=O)(=O)c1ccc(NC(=O)COc2ccccc2C)cc1. The van der Waals surface area contributed by atoms with E-state index in [0.717, 1.165) is 11.1 Å². The van der Waals surface area contributed by atoms with Gasteiger partial charge in [0, 0.05) is 10.7 Å². The molecule has 30 heavy (non-hydrogen) atoms. The molecule has 6 nitrogen and oxygen atoms in total. The quantitative estimate of drug-likeness (QED) is 0.549. The maximum atomic E-state index is 12.6. The van der Waals surface area contributed by atoms with E-state index in [1.54, 1.807) is 31.2 Å². The second kappa shape index (κ2) is 9.19. The summed E-state index contributed by atoms with van der Waals surface area (Å²) in [4.78, 5) is 12.2. The number of rotatable bonds is 7. The number of ether oxygens (including phenoxy) is 1. The van der Waals surface area contributed by atoms with Gasteiger partial charge in [-0.1, -0.05) is 35.9 Å². The number of carbonyl (C=O) groups is 1. The topological polar surface area (TPSA) is 84.5 Å². The van der Waals surface area contributed by atoms with Crippen LogP contribution in [-0.4, -0.2) is 20.9 Å². The van der Waals surface area contributed by atoms with Crippen LogP contribution in [0.15, 0.2) is 71.6 Å². The monoisotopic (exact) mass is 444 g/mol. The average Bonchev–Trinajstić information content (AvgIpc) is 2.70. The fourth-order valence-corrected chi connectivity index (χ4v) is 3.98. The number of aryl methyl sites for hydroxylation is 2. The van der Waals surface area contributed by atoms with Gasteiger partial charge < -0.3 is 10.1 Å². The lowest BCUT2D eigenvalue weighted by atomic mass is 10.2. The van der Waals surface area contributed by atoms with Gasteiger partial charge in [0.1, 0.15) is 5.75 Å². The maximum Gasteiger partial charge on any atom is 0.262 e. The summed E-state index contributed by atoms with van der Waals surface area (Å²) >= 11 is 5.95. The van der Waals surface area contributed by atoms with Gasteiger partial charge in [-0.3, -0.25) is 9.52 Å². The lowest BCUT2D eigenvalue weighted by Gasteiger charge is -2.12. The highest BCUT2D eigenvalue weighted by Gasteiger charge is 2.16. The van der Waals surface area contributed by atoms with Crippen molar-refractivity contribution in [3.05, 3.63) is 82.9 Å². The summed E-state index contributed by atoms with van der Waals surface area (Å²) in [5.41, 5.74) is 2.56. The molecule has 0 spiro atoms. The Labute approximate surface area is 180 Å². The second-order valence-electron chi connectivity index (χ2n) is 6.69. The molecule has 8 heteroatoms. The molecule has 0 saturated carbocycles. The summed E-state index contributed by atoms with van der Waals surface area (Å²) in [5, 5.41) is 3.11. The fraction of sp³-hybridized carbons (Fsp3) is 0.136. The van der Waals surface area contributed by atoms with Crippen LogP contribution in [0.1, 0.15) is 11.1 Å². The van der Waals surface area contributed by atoms with Crippen LogP contribution in [0.5, 0.6) is 5.75 Å². The molecule has 0 unspecified atom stereocenters. The predicted molar refractivity (Wildman–Crippen MR) is 119 cm³/mol. The third-order valence-electron chi connectivity index (χ3n) is 4.34. The minimum atomic E-state index is -3.79. The van der Waals surface area contributed by atoms with E-state index in [1.807, 2.05) is 25.1 Å². The molecule has 3 aromatic rings. The van der Waals surface area contributed by atoms with Crippen molar-refractivity contribution < 1.29 is 17.9 Å². The smallest absolute Gasteiger partial charge is 0.262 e. The van der Waals surface area contributed by atoms with E-state index in [-0.39, 0.29) is 17.4 Å². The van der Waals surface area contributed by atoms with Crippen LogP contribution in [0.25, 0.3) is 0 Å². The summed E-state index contributed by atoms with van der Waals surface area (Å²) in [6, 6.07) is 18.3. The Kier molecular flexibility index (Phi) is 6.64. The van der Waals surface area contributed by atoms with Gasteiger partial charge in [0.15, 0.2) is 6.61 Å². The Morgan fingerprint density at radius 1 is 0.967 bits per heavy atom. The van der Waals surface area contributed by atoms with Crippen molar-refractivity contribution in [1.29, 1.82) is 0 Å². The van der Waals surface area contributed by atoms with Crippen molar-refractivity contribution in [3.8, 4) is 5.75 Å². The summed E-state index contributed by atoms with van der Waals surface area (Å²) in [6.45, 7) is 3.53. The van der Waals surface area contributed by atoms with Gasteiger partial charge in [0.2, 0.25) is 0 Å². The van der Waals surface area contributed by atoms with E-state index in [9.17, 15) is 13.2 Å². The van der Waals surface area contributed by atoms with Crippen molar-refractivity contribution in [2.45, 2.75) is 18.7 Å². The number of hydrogen-bond acceptors (Lipinski definition) is 4. The highest BCUT2D eigenvalue weighted by Crippen LogP contribution is 2.24. The minimum Gasteiger partial charge on any atom is -0.483 e. The van der Waals surface area contributed by atoms with E-state index in [0.29, 0.717) is 22.1 Å². The molecular formula is C22H21ClN2O4S.